The minimum Gasteiger partial charge on any atom is -0.330 e. The maximum absolute atomic E-state index is 11.3. The van der Waals surface area contributed by atoms with E-state index in [1.54, 1.807) is 12.1 Å². The van der Waals surface area contributed by atoms with Crippen LogP contribution in [0.15, 0.2) is 23.1 Å². The van der Waals surface area contributed by atoms with Gasteiger partial charge in [0.2, 0.25) is 5.69 Å². The van der Waals surface area contributed by atoms with Gasteiger partial charge in [-0.15, -0.1) is 0 Å². The second kappa shape index (κ2) is 4.95. The normalized spacial score (nSPS) is 17.4. The van der Waals surface area contributed by atoms with Gasteiger partial charge in [-0.2, -0.15) is 13.0 Å². The van der Waals surface area contributed by atoms with E-state index in [1.165, 1.54) is 6.07 Å². The zero-order valence-electron chi connectivity index (χ0n) is 12.0. The molecule has 1 heterocycles. The standard InChI is InChI=1S/C14H20N2O3S/c1-10-14(2,3)12-9-11(20(17,18)19)5-6-13(12)16(10)8-4-7-15/h5-6,9H,4,7-8,15H2,1-3H3/p+1. The van der Waals surface area contributed by atoms with Crippen molar-refractivity contribution in [2.24, 2.45) is 5.73 Å². The molecule has 110 valence electrons. The van der Waals surface area contributed by atoms with Crippen molar-refractivity contribution < 1.29 is 17.5 Å². The molecular weight excluding hydrogens is 276 g/mol. The average molecular weight is 297 g/mol. The predicted molar refractivity (Wildman–Crippen MR) is 78.4 cm³/mol. The molecule has 1 aliphatic rings. The molecule has 0 aliphatic carbocycles. The van der Waals surface area contributed by atoms with Gasteiger partial charge in [0.05, 0.1) is 10.3 Å². The molecule has 6 heteroatoms. The van der Waals surface area contributed by atoms with Crippen molar-refractivity contribution in [3.63, 3.8) is 0 Å². The zero-order valence-corrected chi connectivity index (χ0v) is 12.9. The van der Waals surface area contributed by atoms with E-state index >= 15 is 0 Å². The van der Waals surface area contributed by atoms with Crippen LogP contribution < -0.4 is 5.73 Å². The number of nitrogens with two attached hydrogens (primary N) is 1. The molecule has 0 radical (unpaired) electrons. The molecule has 0 saturated carbocycles. The van der Waals surface area contributed by atoms with Gasteiger partial charge in [0.25, 0.3) is 10.1 Å². The first kappa shape index (κ1) is 15.2. The molecule has 2 rings (SSSR count). The molecule has 0 aromatic heterocycles. The Morgan fingerprint density at radius 2 is 2.00 bits per heavy atom. The van der Waals surface area contributed by atoms with E-state index in [-0.39, 0.29) is 10.3 Å². The van der Waals surface area contributed by atoms with Crippen LogP contribution in [0.5, 0.6) is 0 Å². The van der Waals surface area contributed by atoms with Crippen molar-refractivity contribution >= 4 is 21.5 Å². The van der Waals surface area contributed by atoms with Gasteiger partial charge in [0.15, 0.2) is 5.71 Å². The second-order valence-corrected chi connectivity index (χ2v) is 7.08. The third-order valence-corrected chi connectivity index (χ3v) is 4.97. The van der Waals surface area contributed by atoms with Gasteiger partial charge in [-0.3, -0.25) is 4.55 Å². The zero-order chi connectivity index (χ0) is 15.1. The summed E-state index contributed by atoms with van der Waals surface area (Å²) in [5.74, 6) is 0. The Morgan fingerprint density at radius 1 is 1.35 bits per heavy atom. The average Bonchev–Trinajstić information content (AvgIpc) is 2.55. The molecule has 1 aromatic rings. The van der Waals surface area contributed by atoms with Crippen molar-refractivity contribution in [2.45, 2.75) is 37.5 Å². The van der Waals surface area contributed by atoms with Crippen LogP contribution in [0, 0.1) is 0 Å². The molecule has 1 aromatic carbocycles. The molecule has 0 bridgehead atoms. The van der Waals surface area contributed by atoms with Gasteiger partial charge in [0, 0.05) is 25.0 Å². The van der Waals surface area contributed by atoms with Crippen molar-refractivity contribution in [2.75, 3.05) is 13.1 Å². The van der Waals surface area contributed by atoms with E-state index < -0.39 is 10.1 Å². The Bertz CT molecular complexity index is 676. The summed E-state index contributed by atoms with van der Waals surface area (Å²) in [6, 6.07) is 4.77. The Hall–Kier alpha value is -1.24. The summed E-state index contributed by atoms with van der Waals surface area (Å²) in [4.78, 5) is -0.0576. The third-order valence-electron chi connectivity index (χ3n) is 4.13. The molecule has 3 N–H and O–H groups in total. The molecule has 0 spiro atoms. The highest BCUT2D eigenvalue weighted by atomic mass is 32.2. The van der Waals surface area contributed by atoms with Crippen LogP contribution in [0.2, 0.25) is 0 Å². The van der Waals surface area contributed by atoms with Crippen LogP contribution in [-0.4, -0.2) is 36.3 Å². The van der Waals surface area contributed by atoms with Gasteiger partial charge in [-0.1, -0.05) is 0 Å². The quantitative estimate of drug-likeness (QED) is 0.654. The summed E-state index contributed by atoms with van der Waals surface area (Å²) in [7, 11) is -4.17. The fourth-order valence-corrected chi connectivity index (χ4v) is 3.17. The highest BCUT2D eigenvalue weighted by molar-refractivity contribution is 7.85. The second-order valence-electron chi connectivity index (χ2n) is 5.66. The first-order valence-electron chi connectivity index (χ1n) is 6.63. The summed E-state index contributed by atoms with van der Waals surface area (Å²) in [6.45, 7) is 7.57. The van der Waals surface area contributed by atoms with E-state index in [0.29, 0.717) is 6.54 Å². The molecule has 0 amide bonds. The molecule has 5 nitrogen and oxygen atoms in total. The Morgan fingerprint density at radius 3 is 2.55 bits per heavy atom. The summed E-state index contributed by atoms with van der Waals surface area (Å²) >= 11 is 0. The highest BCUT2D eigenvalue weighted by Gasteiger charge is 2.43. The lowest BCUT2D eigenvalue weighted by atomic mass is 9.82. The highest BCUT2D eigenvalue weighted by Crippen LogP contribution is 2.40. The summed E-state index contributed by atoms with van der Waals surface area (Å²) in [5.41, 5.74) is 8.39. The van der Waals surface area contributed by atoms with Crippen molar-refractivity contribution in [3.05, 3.63) is 23.8 Å². The molecule has 0 fully saturated rings. The number of nitrogens with zero attached hydrogens (tertiary/aromatic N) is 1. The Balaban J connectivity index is 2.57. The van der Waals surface area contributed by atoms with Gasteiger partial charge in [0.1, 0.15) is 6.54 Å². The van der Waals surface area contributed by atoms with Crippen LogP contribution >= 0.6 is 0 Å². The van der Waals surface area contributed by atoms with Crippen LogP contribution in [-0.2, 0) is 15.5 Å². The Kier molecular flexibility index (Phi) is 3.75. The summed E-state index contributed by atoms with van der Waals surface area (Å²) in [6.07, 6.45) is 0.868. The van der Waals surface area contributed by atoms with E-state index in [9.17, 15) is 13.0 Å². The summed E-state index contributed by atoms with van der Waals surface area (Å²) < 4.78 is 34.0. The molecular formula is C14H21N2O3S+. The monoisotopic (exact) mass is 297 g/mol. The van der Waals surface area contributed by atoms with Crippen LogP contribution in [0.3, 0.4) is 0 Å². The number of fused-ring (bicyclic) bond motifs is 1. The minimum absolute atomic E-state index is 0.0576. The van der Waals surface area contributed by atoms with E-state index in [2.05, 4.69) is 18.4 Å². The van der Waals surface area contributed by atoms with Crippen LogP contribution in [0.25, 0.3) is 0 Å². The number of benzene rings is 1. The molecule has 1 aliphatic heterocycles. The van der Waals surface area contributed by atoms with Crippen LogP contribution in [0.1, 0.15) is 32.8 Å². The first-order valence-corrected chi connectivity index (χ1v) is 8.07. The first-order chi connectivity index (χ1) is 9.19. The number of rotatable bonds is 4. The van der Waals surface area contributed by atoms with Crippen molar-refractivity contribution in [1.29, 1.82) is 0 Å². The van der Waals surface area contributed by atoms with Crippen LogP contribution in [0.4, 0.5) is 5.69 Å². The molecule has 0 unspecified atom stereocenters. The molecule has 0 atom stereocenters. The van der Waals surface area contributed by atoms with Gasteiger partial charge in [-0.05, 0) is 32.5 Å². The predicted octanol–water partition coefficient (Wildman–Crippen LogP) is 1.68. The Labute approximate surface area is 119 Å². The summed E-state index contributed by atoms with van der Waals surface area (Å²) in [5, 5.41) is 0. The number of hydrogen-bond donors (Lipinski definition) is 2. The smallest absolute Gasteiger partial charge is 0.294 e. The van der Waals surface area contributed by atoms with Gasteiger partial charge in [-0.25, -0.2) is 0 Å². The fourth-order valence-electron chi connectivity index (χ4n) is 2.66. The maximum Gasteiger partial charge on any atom is 0.294 e. The van der Waals surface area contributed by atoms with E-state index in [4.69, 9.17) is 5.73 Å². The molecule has 20 heavy (non-hydrogen) atoms. The van der Waals surface area contributed by atoms with E-state index in [1.807, 2.05) is 6.92 Å². The number of hydrogen-bond acceptors (Lipinski definition) is 3. The topological polar surface area (TPSA) is 83.4 Å². The van der Waals surface area contributed by atoms with Gasteiger partial charge >= 0.3 is 0 Å². The SMILES string of the molecule is CC1=[N+](CCCN)c2ccc(S(=O)(=O)O)cc2C1(C)C. The van der Waals surface area contributed by atoms with Crippen molar-refractivity contribution in [1.82, 2.24) is 0 Å². The lowest BCUT2D eigenvalue weighted by Gasteiger charge is -2.15. The maximum atomic E-state index is 11.3. The minimum atomic E-state index is -4.17. The fraction of sp³-hybridized carbons (Fsp3) is 0.500. The van der Waals surface area contributed by atoms with E-state index in [0.717, 1.165) is 29.9 Å². The molecule has 0 saturated heterocycles. The lowest BCUT2D eigenvalue weighted by Crippen LogP contribution is -2.27. The lowest BCUT2D eigenvalue weighted by molar-refractivity contribution is -0.439. The van der Waals surface area contributed by atoms with Crippen molar-refractivity contribution in [3.8, 4) is 0 Å². The van der Waals surface area contributed by atoms with Gasteiger partial charge < -0.3 is 5.73 Å². The largest absolute Gasteiger partial charge is 0.330 e. The third kappa shape index (κ3) is 2.39.